The monoisotopic (exact) mass is 368 g/mol. The molecule has 1 aliphatic carbocycles. The van der Waals surface area contributed by atoms with E-state index >= 15 is 0 Å². The molecule has 1 N–H and O–H groups in total. The number of aliphatic hydroxyl groups is 1. The van der Waals surface area contributed by atoms with Gasteiger partial charge in [0.25, 0.3) is 0 Å². The molecule has 26 heavy (non-hydrogen) atoms. The van der Waals surface area contributed by atoms with Crippen LogP contribution < -0.4 is 0 Å². The number of carbonyl (C=O) groups excluding carboxylic acids is 1. The number of pyridine rings is 1. The molecule has 1 fully saturated rings. The van der Waals surface area contributed by atoms with Gasteiger partial charge in [-0.2, -0.15) is 0 Å². The van der Waals surface area contributed by atoms with Crippen LogP contribution in [0.3, 0.4) is 0 Å². The number of carbonyl (C=O) groups is 1. The summed E-state index contributed by atoms with van der Waals surface area (Å²) in [6.07, 6.45) is 5.35. The van der Waals surface area contributed by atoms with Crippen molar-refractivity contribution in [2.75, 3.05) is 19.7 Å². The maximum Gasteiger partial charge on any atom is 0.248 e. The summed E-state index contributed by atoms with van der Waals surface area (Å²) in [5.74, 6) is -0.194. The summed E-state index contributed by atoms with van der Waals surface area (Å²) in [6.45, 7) is 0.865. The van der Waals surface area contributed by atoms with E-state index in [1.807, 2.05) is 18.3 Å². The molecule has 1 aromatic heterocycles. The summed E-state index contributed by atoms with van der Waals surface area (Å²) in [4.78, 5) is 18.2. The first-order chi connectivity index (χ1) is 12.7. The van der Waals surface area contributed by atoms with Crippen molar-refractivity contribution in [3.8, 4) is 0 Å². The summed E-state index contributed by atoms with van der Waals surface area (Å²) in [6, 6.07) is 10.3. The van der Waals surface area contributed by atoms with E-state index in [1.165, 1.54) is 27.8 Å². The molecule has 0 radical (unpaired) electrons. The average molecular weight is 369 g/mol. The molecule has 1 aliphatic heterocycles. The van der Waals surface area contributed by atoms with E-state index in [-0.39, 0.29) is 5.91 Å². The fourth-order valence-electron chi connectivity index (χ4n) is 4.01. The maximum atomic E-state index is 11.8. The third-order valence-electron chi connectivity index (χ3n) is 5.34. The van der Waals surface area contributed by atoms with Crippen LogP contribution in [0.5, 0.6) is 0 Å². The minimum absolute atomic E-state index is 0.194. The number of nitrogens with zero attached hydrogens (tertiary/aromatic N) is 2. The Kier molecular flexibility index (Phi) is 4.79. The molecule has 0 bridgehead atoms. The number of hydrogen-bond acceptors (Lipinski definition) is 3. The van der Waals surface area contributed by atoms with E-state index in [1.54, 1.807) is 4.90 Å². The van der Waals surface area contributed by atoms with Crippen LogP contribution in [0.25, 0.3) is 5.57 Å². The quantitative estimate of drug-likeness (QED) is 0.840. The van der Waals surface area contributed by atoms with Crippen LogP contribution in [0.1, 0.15) is 35.2 Å². The van der Waals surface area contributed by atoms with Crippen molar-refractivity contribution in [1.82, 2.24) is 9.88 Å². The van der Waals surface area contributed by atoms with Crippen LogP contribution in [0.15, 0.2) is 42.1 Å². The molecule has 1 amide bonds. The fourth-order valence-corrected chi connectivity index (χ4v) is 4.20. The van der Waals surface area contributed by atoms with Crippen molar-refractivity contribution in [3.05, 3.63) is 69.5 Å². The molecule has 0 spiro atoms. The number of aryl methyl sites for hydroxylation is 2. The topological polar surface area (TPSA) is 53.4 Å². The summed E-state index contributed by atoms with van der Waals surface area (Å²) >= 11 is 6.25. The summed E-state index contributed by atoms with van der Waals surface area (Å²) in [5, 5.41) is 9.86. The van der Waals surface area contributed by atoms with Crippen LogP contribution in [-0.2, 0) is 17.6 Å². The Labute approximate surface area is 158 Å². The Morgan fingerprint density at radius 2 is 1.88 bits per heavy atom. The first-order valence-electron chi connectivity index (χ1n) is 9.01. The molecule has 0 saturated carbocycles. The lowest BCUT2D eigenvalue weighted by atomic mass is 9.88. The molecule has 134 valence electrons. The van der Waals surface area contributed by atoms with Gasteiger partial charge < -0.3 is 10.0 Å². The minimum atomic E-state index is -0.419. The molecule has 2 heterocycles. The Bertz CT molecular complexity index is 881. The Hall–Kier alpha value is -2.17. The number of aromatic nitrogens is 1. The van der Waals surface area contributed by atoms with Crippen molar-refractivity contribution in [1.29, 1.82) is 0 Å². The second kappa shape index (κ2) is 7.22. The van der Waals surface area contributed by atoms with Crippen molar-refractivity contribution < 1.29 is 9.90 Å². The van der Waals surface area contributed by atoms with Gasteiger partial charge >= 0.3 is 0 Å². The normalized spacial score (nSPS) is 16.8. The van der Waals surface area contributed by atoms with Gasteiger partial charge in [-0.3, -0.25) is 9.78 Å². The van der Waals surface area contributed by atoms with E-state index in [0.29, 0.717) is 13.1 Å². The lowest BCUT2D eigenvalue weighted by Crippen LogP contribution is -2.38. The van der Waals surface area contributed by atoms with E-state index < -0.39 is 6.61 Å². The highest BCUT2D eigenvalue weighted by Gasteiger charge is 2.26. The molecule has 2 aliphatic rings. The smallest absolute Gasteiger partial charge is 0.248 e. The predicted molar refractivity (Wildman–Crippen MR) is 102 cm³/mol. The zero-order chi connectivity index (χ0) is 18.1. The van der Waals surface area contributed by atoms with Crippen LogP contribution in [0, 0.1) is 0 Å². The van der Waals surface area contributed by atoms with Gasteiger partial charge in [-0.1, -0.05) is 29.3 Å². The number of amides is 1. The predicted octanol–water partition coefficient (Wildman–Crippen LogP) is 3.25. The Morgan fingerprint density at radius 1 is 1.12 bits per heavy atom. The number of likely N-dealkylation sites (tertiary alicyclic amines) is 1. The standard InChI is InChI=1S/C21H21ClN2O2/c22-17-5-6-18-16(12-17)4-3-15-2-1-9-23-21(15)20(18)14-7-10-24(11-8-14)19(26)13-25/h1-2,5-6,9,12,25H,3-4,7-8,10-11,13H2. The highest BCUT2D eigenvalue weighted by atomic mass is 35.5. The number of fused-ring (bicyclic) bond motifs is 2. The number of aliphatic hydroxyl groups excluding tert-OH is 1. The Balaban J connectivity index is 1.81. The molecule has 4 nitrogen and oxygen atoms in total. The molecule has 1 saturated heterocycles. The lowest BCUT2D eigenvalue weighted by Gasteiger charge is -2.30. The van der Waals surface area contributed by atoms with Gasteiger partial charge in [0.1, 0.15) is 6.61 Å². The number of halogens is 1. The largest absolute Gasteiger partial charge is 0.387 e. The molecular formula is C21H21ClN2O2. The van der Waals surface area contributed by atoms with Gasteiger partial charge in [-0.15, -0.1) is 0 Å². The summed E-state index contributed by atoms with van der Waals surface area (Å²) in [5.41, 5.74) is 7.33. The number of rotatable bonds is 1. The van der Waals surface area contributed by atoms with Crippen molar-refractivity contribution >= 4 is 23.1 Å². The molecule has 0 atom stereocenters. The van der Waals surface area contributed by atoms with E-state index in [0.717, 1.165) is 36.4 Å². The number of piperidine rings is 1. The maximum absolute atomic E-state index is 11.8. The SMILES string of the molecule is O=C(CO)N1CCC(=C2c3ccc(Cl)cc3CCc3cccnc32)CC1. The van der Waals surface area contributed by atoms with E-state index in [2.05, 4.69) is 18.2 Å². The van der Waals surface area contributed by atoms with Crippen LogP contribution in [0.4, 0.5) is 0 Å². The first-order valence-corrected chi connectivity index (χ1v) is 9.39. The third-order valence-corrected chi connectivity index (χ3v) is 5.57. The first kappa shape index (κ1) is 17.3. The van der Waals surface area contributed by atoms with Gasteiger partial charge in [0.05, 0.1) is 5.69 Å². The van der Waals surface area contributed by atoms with Crippen LogP contribution in [0.2, 0.25) is 5.02 Å². The minimum Gasteiger partial charge on any atom is -0.387 e. The van der Waals surface area contributed by atoms with Crippen molar-refractivity contribution in [2.24, 2.45) is 0 Å². The highest BCUT2D eigenvalue weighted by molar-refractivity contribution is 6.30. The second-order valence-corrected chi connectivity index (χ2v) is 7.27. The van der Waals surface area contributed by atoms with Crippen LogP contribution in [-0.4, -0.2) is 40.6 Å². The van der Waals surface area contributed by atoms with Crippen molar-refractivity contribution in [3.63, 3.8) is 0 Å². The summed E-state index contributed by atoms with van der Waals surface area (Å²) < 4.78 is 0. The highest BCUT2D eigenvalue weighted by Crippen LogP contribution is 2.38. The summed E-state index contributed by atoms with van der Waals surface area (Å²) in [7, 11) is 0. The fraction of sp³-hybridized carbons (Fsp3) is 0.333. The molecular weight excluding hydrogens is 348 g/mol. The van der Waals surface area contributed by atoms with Gasteiger partial charge in [0.15, 0.2) is 0 Å². The van der Waals surface area contributed by atoms with E-state index in [9.17, 15) is 4.79 Å². The van der Waals surface area contributed by atoms with Gasteiger partial charge in [0, 0.05) is 29.9 Å². The molecule has 4 rings (SSSR count). The lowest BCUT2D eigenvalue weighted by molar-refractivity contribution is -0.134. The number of hydrogen-bond donors (Lipinski definition) is 1. The molecule has 0 unspecified atom stereocenters. The Morgan fingerprint density at radius 3 is 2.65 bits per heavy atom. The van der Waals surface area contributed by atoms with Gasteiger partial charge in [-0.05, 0) is 60.6 Å². The van der Waals surface area contributed by atoms with Crippen molar-refractivity contribution in [2.45, 2.75) is 25.7 Å². The molecule has 1 aromatic carbocycles. The zero-order valence-electron chi connectivity index (χ0n) is 14.5. The number of benzene rings is 1. The van der Waals surface area contributed by atoms with Crippen LogP contribution >= 0.6 is 11.6 Å². The van der Waals surface area contributed by atoms with Gasteiger partial charge in [0.2, 0.25) is 5.91 Å². The van der Waals surface area contributed by atoms with E-state index in [4.69, 9.17) is 21.7 Å². The average Bonchev–Trinajstić information content (AvgIpc) is 2.84. The second-order valence-electron chi connectivity index (χ2n) is 6.83. The molecule has 2 aromatic rings. The molecule has 5 heteroatoms. The third kappa shape index (κ3) is 3.15. The zero-order valence-corrected chi connectivity index (χ0v) is 15.3. The van der Waals surface area contributed by atoms with Gasteiger partial charge in [-0.25, -0.2) is 0 Å².